The average Bonchev–Trinajstić information content (AvgIpc) is 2.54. The zero-order valence-corrected chi connectivity index (χ0v) is 7.05. The second-order valence-corrected chi connectivity index (χ2v) is 2.65. The Kier molecular flexibility index (Phi) is 2.73. The minimum absolute atomic E-state index is 0.784. The van der Waals surface area contributed by atoms with Crippen molar-refractivity contribution in [3.05, 3.63) is 35.5 Å². The normalized spacial score (nSPS) is 8.92. The highest BCUT2D eigenvalue weighted by molar-refractivity contribution is 6.31. The molecule has 0 spiro atoms. The van der Waals surface area contributed by atoms with E-state index in [2.05, 4.69) is 11.6 Å². The molecule has 3 heteroatoms. The van der Waals surface area contributed by atoms with Gasteiger partial charge < -0.3 is 4.98 Å². The number of rotatable bonds is 0. The lowest BCUT2D eigenvalue weighted by atomic mass is 10.2. The minimum Gasteiger partial charge on any atom is -0.361 e. The van der Waals surface area contributed by atoms with E-state index >= 15 is 0 Å². The van der Waals surface area contributed by atoms with E-state index in [1.807, 2.05) is 30.5 Å². The third-order valence-corrected chi connectivity index (χ3v) is 1.75. The topological polar surface area (TPSA) is 39.6 Å². The second kappa shape index (κ2) is 3.80. The molecular formula is C9H7ClN2. The summed E-state index contributed by atoms with van der Waals surface area (Å²) in [7, 11) is 0. The Hall–Kier alpha value is -1.46. The van der Waals surface area contributed by atoms with Crippen LogP contribution in [0.3, 0.4) is 0 Å². The summed E-state index contributed by atoms with van der Waals surface area (Å²) < 4.78 is 0. The van der Waals surface area contributed by atoms with Crippen LogP contribution in [0.25, 0.3) is 10.9 Å². The van der Waals surface area contributed by atoms with Crippen molar-refractivity contribution >= 4 is 22.5 Å². The number of hydrogen-bond acceptors (Lipinski definition) is 1. The summed E-state index contributed by atoms with van der Waals surface area (Å²) in [5, 5.41) is 8.44. The quantitative estimate of drug-likeness (QED) is 0.662. The largest absolute Gasteiger partial charge is 0.361 e. The summed E-state index contributed by atoms with van der Waals surface area (Å²) in [5.74, 6) is 0. The van der Waals surface area contributed by atoms with Gasteiger partial charge in [0.05, 0.1) is 0 Å². The maximum atomic E-state index is 6.50. The number of aromatic amines is 1. The molecule has 1 heterocycles. The fourth-order valence-electron chi connectivity index (χ4n) is 1.02. The fourth-order valence-corrected chi connectivity index (χ4v) is 1.20. The molecule has 0 saturated heterocycles. The molecule has 2 aromatic rings. The van der Waals surface area contributed by atoms with Gasteiger partial charge in [-0.05, 0) is 24.3 Å². The zero-order chi connectivity index (χ0) is 8.97. The molecule has 12 heavy (non-hydrogen) atoms. The Morgan fingerprint density at radius 3 is 2.75 bits per heavy atom. The first-order valence-corrected chi connectivity index (χ1v) is 3.72. The number of nitrogens with one attached hydrogen (secondary N) is 1. The molecule has 0 radical (unpaired) electrons. The molecule has 2 rings (SSSR count). The average molecular weight is 179 g/mol. The molecule has 0 amide bonds. The molecule has 0 unspecified atom stereocenters. The minimum atomic E-state index is 0.784. The van der Waals surface area contributed by atoms with E-state index in [0.29, 0.717) is 0 Å². The van der Waals surface area contributed by atoms with Gasteiger partial charge in [-0.25, -0.2) is 5.26 Å². The molecule has 1 aromatic carbocycles. The summed E-state index contributed by atoms with van der Waals surface area (Å²) in [4.78, 5) is 3.09. The van der Waals surface area contributed by atoms with E-state index in [9.17, 15) is 0 Å². The summed E-state index contributed by atoms with van der Waals surface area (Å²) in [6.45, 7) is 3.50. The van der Waals surface area contributed by atoms with Crippen molar-refractivity contribution in [1.29, 1.82) is 5.26 Å². The van der Waals surface area contributed by atoms with Crippen LogP contribution >= 0.6 is 11.6 Å². The molecule has 60 valence electrons. The predicted octanol–water partition coefficient (Wildman–Crippen LogP) is 2.96. The van der Waals surface area contributed by atoms with E-state index in [4.69, 9.17) is 16.9 Å². The van der Waals surface area contributed by atoms with Crippen molar-refractivity contribution in [3.63, 3.8) is 0 Å². The second-order valence-electron chi connectivity index (χ2n) is 2.21. The first-order chi connectivity index (χ1) is 5.86. The third-order valence-electron chi connectivity index (χ3n) is 1.52. The van der Waals surface area contributed by atoms with Crippen molar-refractivity contribution in [3.8, 4) is 6.57 Å². The lowest BCUT2D eigenvalue weighted by molar-refractivity contribution is 1.48. The third kappa shape index (κ3) is 1.58. The number of H-pyrrole nitrogens is 1. The first-order valence-electron chi connectivity index (χ1n) is 3.35. The van der Waals surface area contributed by atoms with Crippen molar-refractivity contribution in [2.45, 2.75) is 0 Å². The van der Waals surface area contributed by atoms with Crippen molar-refractivity contribution < 1.29 is 0 Å². The summed E-state index contributed by atoms with van der Waals surface area (Å²) in [6.07, 6.45) is 1.90. The van der Waals surface area contributed by atoms with Crippen molar-refractivity contribution in [2.24, 2.45) is 0 Å². The predicted molar refractivity (Wildman–Crippen MR) is 50.0 cm³/mol. The van der Waals surface area contributed by atoms with Crippen LogP contribution in [0.2, 0.25) is 5.02 Å². The number of hydrogen-bond donors (Lipinski definition) is 1. The highest BCUT2D eigenvalue weighted by Crippen LogP contribution is 2.17. The van der Waals surface area contributed by atoms with Crippen LogP contribution in [0, 0.1) is 11.8 Å². The number of nitrogens with zero attached hydrogens (tertiary/aromatic N) is 1. The molecule has 0 fully saturated rings. The van der Waals surface area contributed by atoms with Gasteiger partial charge in [0.2, 0.25) is 0 Å². The lowest BCUT2D eigenvalue weighted by Crippen LogP contribution is -1.65. The zero-order valence-electron chi connectivity index (χ0n) is 6.29. The number of fused-ring (bicyclic) bond motifs is 1. The van der Waals surface area contributed by atoms with Gasteiger partial charge in [-0.1, -0.05) is 11.6 Å². The first kappa shape index (κ1) is 8.63. The van der Waals surface area contributed by atoms with Gasteiger partial charge in [0, 0.05) is 28.7 Å². The van der Waals surface area contributed by atoms with Crippen LogP contribution in [0.1, 0.15) is 0 Å². The van der Waals surface area contributed by atoms with Crippen molar-refractivity contribution in [2.75, 3.05) is 0 Å². The Balaban J connectivity index is 0.000000336. The van der Waals surface area contributed by atoms with E-state index in [0.717, 1.165) is 15.9 Å². The van der Waals surface area contributed by atoms with Crippen LogP contribution in [0.4, 0.5) is 0 Å². The molecular weight excluding hydrogens is 172 g/mol. The number of benzene rings is 1. The van der Waals surface area contributed by atoms with E-state index in [1.54, 1.807) is 0 Å². The fraction of sp³-hybridized carbons (Fsp3) is 0. The van der Waals surface area contributed by atoms with E-state index in [1.165, 1.54) is 0 Å². The molecule has 0 atom stereocenters. The Morgan fingerprint density at radius 2 is 2.00 bits per heavy atom. The smallest absolute Gasteiger partial charge is 0.0462 e. The SMILES string of the molecule is C#N.Clc1ccc2[nH]ccc2c1. The number of nitriles is 1. The molecule has 1 N–H and O–H groups in total. The Labute approximate surface area is 75.4 Å². The maximum absolute atomic E-state index is 6.50. The summed E-state index contributed by atoms with van der Waals surface area (Å²) in [6, 6.07) is 7.78. The monoisotopic (exact) mass is 178 g/mol. The van der Waals surface area contributed by atoms with E-state index in [-0.39, 0.29) is 0 Å². The van der Waals surface area contributed by atoms with Gasteiger partial charge in [-0.15, -0.1) is 0 Å². The van der Waals surface area contributed by atoms with Crippen LogP contribution in [0.5, 0.6) is 0 Å². The molecule has 2 nitrogen and oxygen atoms in total. The highest BCUT2D eigenvalue weighted by Gasteiger charge is 1.92. The summed E-state index contributed by atoms with van der Waals surface area (Å²) in [5.41, 5.74) is 1.13. The molecule has 0 bridgehead atoms. The van der Waals surface area contributed by atoms with Gasteiger partial charge >= 0.3 is 0 Å². The maximum Gasteiger partial charge on any atom is 0.0462 e. The van der Waals surface area contributed by atoms with Gasteiger partial charge in [-0.2, -0.15) is 0 Å². The van der Waals surface area contributed by atoms with Crippen LogP contribution < -0.4 is 0 Å². The highest BCUT2D eigenvalue weighted by atomic mass is 35.5. The molecule has 0 aliphatic heterocycles. The number of halogens is 1. The standard InChI is InChI=1S/C8H6ClN.CHN/c9-7-1-2-8-6(5-7)3-4-10-8;1-2/h1-5,10H;1H. The lowest BCUT2D eigenvalue weighted by Gasteiger charge is -1.88. The van der Waals surface area contributed by atoms with Gasteiger partial charge in [0.1, 0.15) is 0 Å². The molecule has 0 aliphatic carbocycles. The van der Waals surface area contributed by atoms with Crippen LogP contribution in [0.15, 0.2) is 30.5 Å². The van der Waals surface area contributed by atoms with E-state index < -0.39 is 0 Å². The van der Waals surface area contributed by atoms with Crippen LogP contribution in [-0.2, 0) is 0 Å². The van der Waals surface area contributed by atoms with Gasteiger partial charge in [0.25, 0.3) is 0 Å². The Morgan fingerprint density at radius 1 is 1.25 bits per heavy atom. The van der Waals surface area contributed by atoms with Crippen molar-refractivity contribution in [1.82, 2.24) is 4.98 Å². The van der Waals surface area contributed by atoms with Gasteiger partial charge in [0.15, 0.2) is 0 Å². The van der Waals surface area contributed by atoms with Crippen LogP contribution in [-0.4, -0.2) is 4.98 Å². The number of aromatic nitrogens is 1. The molecule has 1 aromatic heterocycles. The van der Waals surface area contributed by atoms with Gasteiger partial charge in [-0.3, -0.25) is 0 Å². The molecule has 0 saturated carbocycles. The summed E-state index contributed by atoms with van der Waals surface area (Å²) >= 11 is 5.76. The molecule has 0 aliphatic rings. The Bertz CT molecular complexity index is 389.